The Morgan fingerprint density at radius 3 is 2.00 bits per heavy atom. The number of ketones is 1. The molecule has 1 heteroatoms. The quantitative estimate of drug-likeness (QED) is 0.576. The fraction of sp³-hybridized carbons (Fsp3) is 0.800. The van der Waals surface area contributed by atoms with Gasteiger partial charge in [-0.15, -0.1) is 0 Å². The average Bonchev–Trinajstić information content (AvgIpc) is 2.03. The zero-order valence-corrected chi connectivity index (χ0v) is 7.94. The van der Waals surface area contributed by atoms with Crippen LogP contribution in [0.25, 0.3) is 0 Å². The number of carbonyl (C=O) groups is 1. The van der Waals surface area contributed by atoms with Gasteiger partial charge in [-0.1, -0.05) is 27.2 Å². The lowest BCUT2D eigenvalue weighted by atomic mass is 9.95. The van der Waals surface area contributed by atoms with Crippen molar-refractivity contribution >= 4 is 5.78 Å². The van der Waals surface area contributed by atoms with Crippen LogP contribution in [0.3, 0.4) is 0 Å². The first-order chi connectivity index (χ1) is 5.26. The summed E-state index contributed by atoms with van der Waals surface area (Å²) >= 11 is 0. The van der Waals surface area contributed by atoms with Crippen LogP contribution >= 0.6 is 0 Å². The predicted octanol–water partition coefficient (Wildman–Crippen LogP) is 3.14. The van der Waals surface area contributed by atoms with Crippen molar-refractivity contribution in [2.75, 3.05) is 0 Å². The molecule has 0 saturated carbocycles. The maximum atomic E-state index is 11.3. The Morgan fingerprint density at radius 2 is 1.64 bits per heavy atom. The first kappa shape index (κ1) is 10.7. The van der Waals surface area contributed by atoms with Gasteiger partial charge in [-0.05, 0) is 19.3 Å². The molecule has 65 valence electrons. The second-order valence-corrected chi connectivity index (χ2v) is 2.84. The molecule has 0 atom stereocenters. The lowest BCUT2D eigenvalue weighted by Crippen LogP contribution is -2.09. The summed E-state index contributed by atoms with van der Waals surface area (Å²) in [6.45, 7) is 6.23. The van der Waals surface area contributed by atoms with Gasteiger partial charge in [0.05, 0.1) is 0 Å². The Bertz CT molecular complexity index is 103. The van der Waals surface area contributed by atoms with Crippen LogP contribution in [0.2, 0.25) is 0 Å². The lowest BCUT2D eigenvalue weighted by molar-refractivity contribution is -0.117. The summed E-state index contributed by atoms with van der Waals surface area (Å²) in [6.07, 6.45) is 4.78. The van der Waals surface area contributed by atoms with E-state index >= 15 is 0 Å². The number of unbranched alkanes of at least 4 members (excludes halogenated alkanes) is 1. The van der Waals surface area contributed by atoms with Gasteiger partial charge >= 0.3 is 0 Å². The summed E-state index contributed by atoms with van der Waals surface area (Å²) in [6, 6.07) is 0. The molecule has 11 heavy (non-hydrogen) atoms. The third kappa shape index (κ3) is 4.18. The van der Waals surface area contributed by atoms with E-state index in [0.717, 1.165) is 38.0 Å². The van der Waals surface area contributed by atoms with Gasteiger partial charge in [0.2, 0.25) is 0 Å². The van der Waals surface area contributed by atoms with Crippen molar-refractivity contribution in [3.05, 3.63) is 5.92 Å². The number of rotatable bonds is 6. The highest BCUT2D eigenvalue weighted by atomic mass is 16.1. The third-order valence-electron chi connectivity index (χ3n) is 2.01. The molecule has 0 fully saturated rings. The van der Waals surface area contributed by atoms with E-state index in [-0.39, 0.29) is 0 Å². The fourth-order valence-electron chi connectivity index (χ4n) is 1.16. The van der Waals surface area contributed by atoms with Gasteiger partial charge in [0.25, 0.3) is 0 Å². The molecule has 0 spiro atoms. The Labute approximate surface area is 70.2 Å². The zero-order chi connectivity index (χ0) is 8.69. The van der Waals surface area contributed by atoms with Gasteiger partial charge in [0, 0.05) is 12.3 Å². The van der Waals surface area contributed by atoms with Crippen molar-refractivity contribution in [3.8, 4) is 0 Å². The normalized spacial score (nSPS) is 10.5. The predicted molar refractivity (Wildman–Crippen MR) is 48.4 cm³/mol. The van der Waals surface area contributed by atoms with Crippen LogP contribution in [0.15, 0.2) is 0 Å². The van der Waals surface area contributed by atoms with Crippen LogP contribution in [0.1, 0.15) is 52.9 Å². The van der Waals surface area contributed by atoms with Gasteiger partial charge in [-0.25, -0.2) is 0 Å². The van der Waals surface area contributed by atoms with E-state index in [4.69, 9.17) is 0 Å². The SMILES string of the molecule is CCCCC(=O)[C](CC)CC. The molecular formula is C10H19O. The van der Waals surface area contributed by atoms with E-state index in [1.54, 1.807) is 0 Å². The highest BCUT2D eigenvalue weighted by molar-refractivity contribution is 5.91. The molecule has 0 N–H and O–H groups in total. The summed E-state index contributed by atoms with van der Waals surface area (Å²) in [7, 11) is 0. The Morgan fingerprint density at radius 1 is 1.09 bits per heavy atom. The monoisotopic (exact) mass is 155 g/mol. The summed E-state index contributed by atoms with van der Waals surface area (Å²) < 4.78 is 0. The van der Waals surface area contributed by atoms with Crippen LogP contribution in [-0.4, -0.2) is 5.78 Å². The number of hydrogen-bond donors (Lipinski definition) is 0. The minimum atomic E-state index is 0.386. The van der Waals surface area contributed by atoms with E-state index in [0.29, 0.717) is 5.78 Å². The number of carbonyl (C=O) groups excluding carboxylic acids is 1. The molecule has 0 aromatic heterocycles. The van der Waals surface area contributed by atoms with E-state index in [9.17, 15) is 4.79 Å². The van der Waals surface area contributed by atoms with E-state index in [1.807, 2.05) is 0 Å². The second kappa shape index (κ2) is 6.38. The van der Waals surface area contributed by atoms with Crippen molar-refractivity contribution in [2.45, 2.75) is 52.9 Å². The smallest absolute Gasteiger partial charge is 0.140 e. The molecule has 0 aliphatic rings. The Balaban J connectivity index is 3.61. The standard InChI is InChI=1S/C10H19O/c1-4-7-8-10(11)9(5-2)6-3/h4-8H2,1-3H3. The van der Waals surface area contributed by atoms with E-state index in [2.05, 4.69) is 20.8 Å². The highest BCUT2D eigenvalue weighted by Crippen LogP contribution is 2.14. The van der Waals surface area contributed by atoms with Crippen molar-refractivity contribution < 1.29 is 4.79 Å². The molecule has 0 amide bonds. The van der Waals surface area contributed by atoms with E-state index in [1.165, 1.54) is 0 Å². The topological polar surface area (TPSA) is 17.1 Å². The average molecular weight is 155 g/mol. The van der Waals surface area contributed by atoms with Crippen molar-refractivity contribution in [1.82, 2.24) is 0 Å². The van der Waals surface area contributed by atoms with Crippen molar-refractivity contribution in [2.24, 2.45) is 0 Å². The fourth-order valence-corrected chi connectivity index (χ4v) is 1.16. The first-order valence-corrected chi connectivity index (χ1v) is 4.64. The number of hydrogen-bond acceptors (Lipinski definition) is 1. The van der Waals surface area contributed by atoms with E-state index < -0.39 is 0 Å². The van der Waals surface area contributed by atoms with Gasteiger partial charge < -0.3 is 0 Å². The summed E-state index contributed by atoms with van der Waals surface area (Å²) in [5, 5.41) is 0. The summed E-state index contributed by atoms with van der Waals surface area (Å²) in [5.41, 5.74) is 0. The molecule has 0 bridgehead atoms. The third-order valence-corrected chi connectivity index (χ3v) is 2.01. The molecule has 0 saturated heterocycles. The zero-order valence-electron chi connectivity index (χ0n) is 7.94. The Kier molecular flexibility index (Phi) is 6.19. The maximum absolute atomic E-state index is 11.3. The molecular weight excluding hydrogens is 136 g/mol. The highest BCUT2D eigenvalue weighted by Gasteiger charge is 2.13. The van der Waals surface area contributed by atoms with Crippen LogP contribution in [-0.2, 0) is 4.79 Å². The van der Waals surface area contributed by atoms with Crippen molar-refractivity contribution in [3.63, 3.8) is 0 Å². The summed E-state index contributed by atoms with van der Waals surface area (Å²) in [4.78, 5) is 11.3. The minimum absolute atomic E-state index is 0.386. The van der Waals surface area contributed by atoms with Crippen LogP contribution < -0.4 is 0 Å². The number of Topliss-reactive ketones (excluding diaryl/α,β-unsaturated/α-hetero) is 1. The van der Waals surface area contributed by atoms with Crippen LogP contribution in [0.4, 0.5) is 0 Å². The first-order valence-electron chi connectivity index (χ1n) is 4.64. The van der Waals surface area contributed by atoms with Crippen LogP contribution in [0.5, 0.6) is 0 Å². The Hall–Kier alpha value is -0.330. The van der Waals surface area contributed by atoms with Gasteiger partial charge in [0.15, 0.2) is 0 Å². The summed E-state index contributed by atoms with van der Waals surface area (Å²) in [5.74, 6) is 1.50. The van der Waals surface area contributed by atoms with Gasteiger partial charge in [0.1, 0.15) is 5.78 Å². The molecule has 1 radical (unpaired) electrons. The van der Waals surface area contributed by atoms with Gasteiger partial charge in [-0.2, -0.15) is 0 Å². The molecule has 0 heterocycles. The molecule has 0 rings (SSSR count). The van der Waals surface area contributed by atoms with Crippen molar-refractivity contribution in [1.29, 1.82) is 0 Å². The largest absolute Gasteiger partial charge is 0.299 e. The molecule has 0 aliphatic carbocycles. The maximum Gasteiger partial charge on any atom is 0.140 e. The molecule has 0 aliphatic heterocycles. The molecule has 0 aromatic carbocycles. The molecule has 0 aromatic rings. The minimum Gasteiger partial charge on any atom is -0.299 e. The van der Waals surface area contributed by atoms with Crippen LogP contribution in [0, 0.1) is 5.92 Å². The molecule has 0 unspecified atom stereocenters. The molecule has 1 nitrogen and oxygen atoms in total. The lowest BCUT2D eigenvalue weighted by Gasteiger charge is -2.08. The second-order valence-electron chi connectivity index (χ2n) is 2.84. The van der Waals surface area contributed by atoms with Gasteiger partial charge in [-0.3, -0.25) is 4.79 Å².